The quantitative estimate of drug-likeness (QED) is 0.639. The Morgan fingerprint density at radius 1 is 1.22 bits per heavy atom. The third-order valence-corrected chi connectivity index (χ3v) is 7.54. The number of nitrogens with zero attached hydrogens (tertiary/aromatic N) is 2. The number of fused-ring (bicyclic) bond motifs is 1. The van der Waals surface area contributed by atoms with E-state index in [9.17, 15) is 17.6 Å². The summed E-state index contributed by atoms with van der Waals surface area (Å²) in [5, 5.41) is 3.27. The molecule has 6 nitrogen and oxygen atoms in total. The Kier molecular flexibility index (Phi) is 6.39. The molecule has 1 aromatic carbocycles. The normalized spacial score (nSPS) is 16.1. The van der Waals surface area contributed by atoms with Crippen LogP contribution in [0.5, 0.6) is 0 Å². The van der Waals surface area contributed by atoms with Gasteiger partial charge in [0.05, 0.1) is 34.6 Å². The molecule has 1 saturated heterocycles. The maximum Gasteiger partial charge on any atom is 0.199 e. The number of carbonyl (C=O) groups is 1. The van der Waals surface area contributed by atoms with Crippen molar-refractivity contribution in [2.24, 2.45) is 0 Å². The van der Waals surface area contributed by atoms with Gasteiger partial charge in [0.15, 0.2) is 15.6 Å². The van der Waals surface area contributed by atoms with E-state index in [1.165, 1.54) is 0 Å². The van der Waals surface area contributed by atoms with Gasteiger partial charge in [-0.3, -0.25) is 9.78 Å². The number of Topliss-reactive ketones (excluding diaryl/α,β-unsaturated/α-hetero) is 1. The summed E-state index contributed by atoms with van der Waals surface area (Å²) >= 11 is 0. The molecule has 170 valence electrons. The first-order valence-electron chi connectivity index (χ1n) is 10.7. The number of benzene rings is 1. The van der Waals surface area contributed by atoms with Gasteiger partial charge in [0.1, 0.15) is 11.6 Å². The Morgan fingerprint density at radius 3 is 2.69 bits per heavy atom. The number of hydrogen-bond acceptors (Lipinski definition) is 6. The SMILES string of the molecule is CCCS(=O)(=O)Cc1ccc(F)c(C(=O)C2=CCc3ncc(N4CCNCC4)cc32)c1F. The van der Waals surface area contributed by atoms with Crippen LogP contribution in [0.1, 0.15) is 40.5 Å². The van der Waals surface area contributed by atoms with E-state index in [4.69, 9.17) is 0 Å². The zero-order valence-electron chi connectivity index (χ0n) is 17.8. The molecule has 0 amide bonds. The zero-order valence-corrected chi connectivity index (χ0v) is 18.6. The molecule has 1 aliphatic heterocycles. The first kappa shape index (κ1) is 22.5. The van der Waals surface area contributed by atoms with Crippen LogP contribution in [0, 0.1) is 11.6 Å². The zero-order chi connectivity index (χ0) is 22.9. The van der Waals surface area contributed by atoms with E-state index in [2.05, 4.69) is 15.2 Å². The van der Waals surface area contributed by atoms with Gasteiger partial charge < -0.3 is 10.2 Å². The number of piperazine rings is 1. The lowest BCUT2D eigenvalue weighted by Crippen LogP contribution is -2.43. The van der Waals surface area contributed by atoms with Crippen LogP contribution in [0.3, 0.4) is 0 Å². The molecule has 1 aliphatic carbocycles. The summed E-state index contributed by atoms with van der Waals surface area (Å²) in [6.07, 6.45) is 4.17. The van der Waals surface area contributed by atoms with Crippen LogP contribution in [0.4, 0.5) is 14.5 Å². The van der Waals surface area contributed by atoms with E-state index in [0.717, 1.165) is 44.0 Å². The number of aromatic nitrogens is 1. The maximum absolute atomic E-state index is 15.2. The van der Waals surface area contributed by atoms with Gasteiger partial charge in [0.2, 0.25) is 0 Å². The molecule has 0 spiro atoms. The summed E-state index contributed by atoms with van der Waals surface area (Å²) in [6, 6.07) is 3.89. The molecule has 2 aliphatic rings. The van der Waals surface area contributed by atoms with Crippen molar-refractivity contribution in [1.82, 2.24) is 10.3 Å². The number of carbonyl (C=O) groups excluding carboxylic acids is 1. The summed E-state index contributed by atoms with van der Waals surface area (Å²) in [5.41, 5.74) is 1.36. The molecular weight excluding hydrogens is 436 g/mol. The van der Waals surface area contributed by atoms with Crippen LogP contribution < -0.4 is 10.2 Å². The van der Waals surface area contributed by atoms with Gasteiger partial charge in [0, 0.05) is 49.3 Å². The van der Waals surface area contributed by atoms with Crippen LogP contribution in [-0.2, 0) is 22.0 Å². The van der Waals surface area contributed by atoms with Crippen molar-refractivity contribution < 1.29 is 22.0 Å². The molecule has 1 aromatic heterocycles. The summed E-state index contributed by atoms with van der Waals surface area (Å²) in [6.45, 7) is 4.97. The summed E-state index contributed by atoms with van der Waals surface area (Å²) in [5.74, 6) is -3.60. The number of hydrogen-bond donors (Lipinski definition) is 1. The van der Waals surface area contributed by atoms with E-state index in [-0.39, 0.29) is 16.9 Å². The molecule has 0 atom stereocenters. The van der Waals surface area contributed by atoms with Crippen molar-refractivity contribution in [2.75, 3.05) is 36.8 Å². The minimum absolute atomic E-state index is 0.105. The lowest BCUT2D eigenvalue weighted by atomic mass is 9.97. The second kappa shape index (κ2) is 9.07. The van der Waals surface area contributed by atoms with Crippen LogP contribution in [0.2, 0.25) is 0 Å². The lowest BCUT2D eigenvalue weighted by molar-refractivity contribution is 0.104. The number of nitrogens with one attached hydrogen (secondary N) is 1. The average molecular weight is 462 g/mol. The highest BCUT2D eigenvalue weighted by Crippen LogP contribution is 2.33. The fourth-order valence-electron chi connectivity index (χ4n) is 4.17. The number of pyridine rings is 1. The predicted octanol–water partition coefficient (Wildman–Crippen LogP) is 2.92. The molecule has 1 fully saturated rings. The van der Waals surface area contributed by atoms with E-state index in [1.54, 1.807) is 19.2 Å². The monoisotopic (exact) mass is 461 g/mol. The highest BCUT2D eigenvalue weighted by atomic mass is 32.2. The maximum atomic E-state index is 15.2. The van der Waals surface area contributed by atoms with Gasteiger partial charge in [-0.1, -0.05) is 19.1 Å². The van der Waals surface area contributed by atoms with Crippen molar-refractivity contribution in [3.05, 3.63) is 64.5 Å². The number of halogens is 2. The lowest BCUT2D eigenvalue weighted by Gasteiger charge is -2.29. The number of anilines is 1. The van der Waals surface area contributed by atoms with Crippen LogP contribution in [0.25, 0.3) is 5.57 Å². The Bertz CT molecular complexity index is 1190. The molecule has 4 rings (SSSR count). The average Bonchev–Trinajstić information content (AvgIpc) is 3.19. The van der Waals surface area contributed by atoms with Crippen LogP contribution >= 0.6 is 0 Å². The molecule has 0 unspecified atom stereocenters. The van der Waals surface area contributed by atoms with Crippen LogP contribution in [-0.4, -0.2) is 51.1 Å². The molecule has 9 heteroatoms. The third-order valence-electron chi connectivity index (χ3n) is 5.76. The van der Waals surface area contributed by atoms with Gasteiger partial charge in [-0.05, 0) is 18.6 Å². The smallest absolute Gasteiger partial charge is 0.199 e. The van der Waals surface area contributed by atoms with E-state index in [1.807, 2.05) is 6.07 Å². The summed E-state index contributed by atoms with van der Waals surface area (Å²) < 4.78 is 54.1. The van der Waals surface area contributed by atoms with Crippen molar-refractivity contribution in [2.45, 2.75) is 25.5 Å². The van der Waals surface area contributed by atoms with E-state index in [0.29, 0.717) is 24.1 Å². The Morgan fingerprint density at radius 2 is 1.97 bits per heavy atom. The minimum atomic E-state index is -3.56. The third kappa shape index (κ3) is 4.45. The fourth-order valence-corrected chi connectivity index (χ4v) is 5.63. The Labute approximate surface area is 186 Å². The minimum Gasteiger partial charge on any atom is -0.368 e. The topological polar surface area (TPSA) is 79.4 Å². The standard InChI is InChI=1S/C23H25F2N3O3S/c1-2-11-32(30,31)14-15-3-5-19(24)21(22(15)25)23(29)17-4-6-20-18(17)12-16(13-27-20)28-9-7-26-8-10-28/h3-5,12-13,26H,2,6-11,14H2,1H3. The number of ketones is 1. The molecule has 0 radical (unpaired) electrons. The molecule has 0 saturated carbocycles. The molecule has 0 bridgehead atoms. The van der Waals surface area contributed by atoms with Crippen molar-refractivity contribution in [3.8, 4) is 0 Å². The fraction of sp³-hybridized carbons (Fsp3) is 0.391. The first-order chi connectivity index (χ1) is 15.3. The van der Waals surface area contributed by atoms with Crippen LogP contribution in [0.15, 0.2) is 30.5 Å². The molecule has 2 heterocycles. The van der Waals surface area contributed by atoms with Crippen molar-refractivity contribution in [3.63, 3.8) is 0 Å². The highest BCUT2D eigenvalue weighted by Gasteiger charge is 2.29. The number of rotatable bonds is 7. The van der Waals surface area contributed by atoms with Gasteiger partial charge in [0.25, 0.3) is 0 Å². The molecule has 1 N–H and O–H groups in total. The molecular formula is C23H25F2N3O3S. The first-order valence-corrected chi connectivity index (χ1v) is 12.5. The van der Waals surface area contributed by atoms with Gasteiger partial charge in [-0.15, -0.1) is 0 Å². The summed E-state index contributed by atoms with van der Waals surface area (Å²) in [7, 11) is -3.56. The van der Waals surface area contributed by atoms with E-state index >= 15 is 4.39 Å². The van der Waals surface area contributed by atoms with Crippen molar-refractivity contribution in [1.29, 1.82) is 0 Å². The van der Waals surface area contributed by atoms with Gasteiger partial charge in [-0.2, -0.15) is 0 Å². The highest BCUT2D eigenvalue weighted by molar-refractivity contribution is 7.90. The van der Waals surface area contributed by atoms with Gasteiger partial charge >= 0.3 is 0 Å². The van der Waals surface area contributed by atoms with Gasteiger partial charge in [-0.25, -0.2) is 17.2 Å². The van der Waals surface area contributed by atoms with Crippen molar-refractivity contribution >= 4 is 26.9 Å². The molecule has 2 aromatic rings. The Hall–Kier alpha value is -2.65. The number of allylic oxidation sites excluding steroid dienone is 2. The number of sulfone groups is 1. The molecule has 32 heavy (non-hydrogen) atoms. The van der Waals surface area contributed by atoms with E-state index < -0.39 is 38.6 Å². The largest absolute Gasteiger partial charge is 0.368 e. The summed E-state index contributed by atoms with van der Waals surface area (Å²) in [4.78, 5) is 19.8. The Balaban J connectivity index is 1.67. The second-order valence-corrected chi connectivity index (χ2v) is 10.2. The predicted molar refractivity (Wildman–Crippen MR) is 119 cm³/mol. The second-order valence-electron chi connectivity index (χ2n) is 8.06.